The number of aryl methyl sites for hydroxylation is 3. The van der Waals surface area contributed by atoms with Gasteiger partial charge in [-0.1, -0.05) is 29.3 Å². The van der Waals surface area contributed by atoms with Crippen molar-refractivity contribution in [1.82, 2.24) is 5.32 Å². The highest BCUT2D eigenvalue weighted by Gasteiger charge is 2.11. The van der Waals surface area contributed by atoms with Crippen LogP contribution < -0.4 is 10.2 Å². The van der Waals surface area contributed by atoms with E-state index in [1.165, 1.54) is 37.2 Å². The summed E-state index contributed by atoms with van der Waals surface area (Å²) in [5, 5.41) is 3.03. The molecule has 2 aromatic carbocycles. The molecule has 1 fully saturated rings. The van der Waals surface area contributed by atoms with Gasteiger partial charge in [0.25, 0.3) is 5.91 Å². The zero-order valence-corrected chi connectivity index (χ0v) is 15.3. The van der Waals surface area contributed by atoms with Gasteiger partial charge in [0, 0.05) is 30.9 Å². The highest BCUT2D eigenvalue weighted by Crippen LogP contribution is 2.20. The second-order valence-corrected chi connectivity index (χ2v) is 7.10. The molecule has 2 aromatic rings. The molecule has 1 aliphatic heterocycles. The molecule has 3 heteroatoms. The van der Waals surface area contributed by atoms with Crippen molar-refractivity contribution < 1.29 is 4.79 Å². The van der Waals surface area contributed by atoms with Gasteiger partial charge < -0.3 is 10.2 Å². The zero-order valence-electron chi connectivity index (χ0n) is 15.3. The van der Waals surface area contributed by atoms with Crippen LogP contribution in [0.15, 0.2) is 42.5 Å². The van der Waals surface area contributed by atoms with E-state index < -0.39 is 0 Å². The fraction of sp³-hybridized carbons (Fsp3) is 0.409. The molecule has 132 valence electrons. The highest BCUT2D eigenvalue weighted by atomic mass is 16.1. The molecule has 0 aromatic heterocycles. The molecule has 0 unspecified atom stereocenters. The van der Waals surface area contributed by atoms with E-state index in [0.29, 0.717) is 6.54 Å². The van der Waals surface area contributed by atoms with Crippen molar-refractivity contribution in [3.8, 4) is 0 Å². The lowest BCUT2D eigenvalue weighted by molar-refractivity contribution is 0.0953. The number of hydrogen-bond acceptors (Lipinski definition) is 2. The summed E-state index contributed by atoms with van der Waals surface area (Å²) in [6.45, 7) is 7.12. The summed E-state index contributed by atoms with van der Waals surface area (Å²) in [6, 6.07) is 14.9. The van der Waals surface area contributed by atoms with Crippen LogP contribution in [0.4, 0.5) is 5.69 Å². The number of carbonyl (C=O) groups excluding carboxylic acids is 1. The predicted octanol–water partition coefficient (Wildman–Crippen LogP) is 4.27. The third kappa shape index (κ3) is 4.85. The third-order valence-electron chi connectivity index (χ3n) is 4.82. The number of nitrogens with one attached hydrogen (secondary N) is 1. The van der Waals surface area contributed by atoms with Gasteiger partial charge in [0.1, 0.15) is 0 Å². The van der Waals surface area contributed by atoms with Crippen LogP contribution in [-0.4, -0.2) is 25.5 Å². The molecule has 1 saturated heterocycles. The summed E-state index contributed by atoms with van der Waals surface area (Å²) < 4.78 is 0. The second-order valence-electron chi connectivity index (χ2n) is 7.10. The monoisotopic (exact) mass is 336 g/mol. The molecule has 1 heterocycles. The maximum atomic E-state index is 12.2. The summed E-state index contributed by atoms with van der Waals surface area (Å²) >= 11 is 0. The Balaban J connectivity index is 1.44. The van der Waals surface area contributed by atoms with E-state index in [1.807, 2.05) is 26.0 Å². The number of rotatable bonds is 6. The van der Waals surface area contributed by atoms with E-state index in [4.69, 9.17) is 0 Å². The fourth-order valence-electron chi connectivity index (χ4n) is 3.55. The van der Waals surface area contributed by atoms with E-state index in [1.54, 1.807) is 0 Å². The Morgan fingerprint density at radius 3 is 2.28 bits per heavy atom. The summed E-state index contributed by atoms with van der Waals surface area (Å²) in [4.78, 5) is 14.7. The van der Waals surface area contributed by atoms with E-state index in [0.717, 1.165) is 29.5 Å². The van der Waals surface area contributed by atoms with Crippen LogP contribution in [0.5, 0.6) is 0 Å². The Bertz CT molecular complexity index is 695. The molecule has 0 bridgehead atoms. The number of carbonyl (C=O) groups is 1. The van der Waals surface area contributed by atoms with Crippen LogP contribution in [0, 0.1) is 13.8 Å². The minimum Gasteiger partial charge on any atom is -0.372 e. The zero-order chi connectivity index (χ0) is 17.6. The normalized spacial score (nSPS) is 13.9. The van der Waals surface area contributed by atoms with Crippen LogP contribution in [0.1, 0.15) is 46.3 Å². The smallest absolute Gasteiger partial charge is 0.251 e. The van der Waals surface area contributed by atoms with Gasteiger partial charge in [-0.25, -0.2) is 0 Å². The van der Waals surface area contributed by atoms with E-state index in [2.05, 4.69) is 40.5 Å². The Kier molecular flexibility index (Phi) is 5.75. The molecule has 3 nitrogen and oxygen atoms in total. The lowest BCUT2D eigenvalue weighted by atomic mass is 10.1. The quantitative estimate of drug-likeness (QED) is 0.799. The van der Waals surface area contributed by atoms with Crippen molar-refractivity contribution in [1.29, 1.82) is 0 Å². The Labute approximate surface area is 151 Å². The minimum absolute atomic E-state index is 0.0242. The first-order valence-electron chi connectivity index (χ1n) is 9.32. The number of benzene rings is 2. The summed E-state index contributed by atoms with van der Waals surface area (Å²) in [7, 11) is 0. The van der Waals surface area contributed by atoms with Gasteiger partial charge in [0.05, 0.1) is 0 Å². The molecule has 3 rings (SSSR count). The van der Waals surface area contributed by atoms with Gasteiger partial charge in [-0.3, -0.25) is 4.79 Å². The SMILES string of the molecule is Cc1cc(C)cc(C(=O)NCCCc2ccc(N3CCCC3)cc2)c1. The Morgan fingerprint density at radius 2 is 1.64 bits per heavy atom. The second kappa shape index (κ2) is 8.19. The number of nitrogens with zero attached hydrogens (tertiary/aromatic N) is 1. The maximum absolute atomic E-state index is 12.2. The van der Waals surface area contributed by atoms with Gasteiger partial charge in [0.15, 0.2) is 0 Å². The van der Waals surface area contributed by atoms with E-state index >= 15 is 0 Å². The Hall–Kier alpha value is -2.29. The summed E-state index contributed by atoms with van der Waals surface area (Å²) in [6.07, 6.45) is 4.57. The van der Waals surface area contributed by atoms with Crippen molar-refractivity contribution in [2.24, 2.45) is 0 Å². The molecule has 25 heavy (non-hydrogen) atoms. The van der Waals surface area contributed by atoms with Crippen LogP contribution in [0.2, 0.25) is 0 Å². The van der Waals surface area contributed by atoms with Crippen molar-refractivity contribution in [2.45, 2.75) is 39.5 Å². The van der Waals surface area contributed by atoms with Gasteiger partial charge in [-0.15, -0.1) is 0 Å². The van der Waals surface area contributed by atoms with Crippen molar-refractivity contribution in [3.05, 3.63) is 64.7 Å². The first-order chi connectivity index (χ1) is 12.1. The van der Waals surface area contributed by atoms with Gasteiger partial charge >= 0.3 is 0 Å². The first-order valence-corrected chi connectivity index (χ1v) is 9.32. The van der Waals surface area contributed by atoms with Gasteiger partial charge in [0.2, 0.25) is 0 Å². The molecule has 1 N–H and O–H groups in total. The number of anilines is 1. The molecule has 0 aliphatic carbocycles. The molecule has 1 amide bonds. The average Bonchev–Trinajstić information content (AvgIpc) is 3.13. The van der Waals surface area contributed by atoms with Gasteiger partial charge in [-0.05, 0) is 69.4 Å². The van der Waals surface area contributed by atoms with Gasteiger partial charge in [-0.2, -0.15) is 0 Å². The molecular weight excluding hydrogens is 308 g/mol. The topological polar surface area (TPSA) is 32.3 Å². The standard InChI is InChI=1S/C22H28N2O/c1-17-14-18(2)16-20(15-17)22(25)23-11-5-6-19-7-9-21(10-8-19)24-12-3-4-13-24/h7-10,14-16H,3-6,11-13H2,1-2H3,(H,23,25). The summed E-state index contributed by atoms with van der Waals surface area (Å²) in [5.74, 6) is 0.0242. The lowest BCUT2D eigenvalue weighted by Gasteiger charge is -2.17. The summed E-state index contributed by atoms with van der Waals surface area (Å²) in [5.41, 5.74) is 5.69. The van der Waals surface area contributed by atoms with Crippen molar-refractivity contribution >= 4 is 11.6 Å². The fourth-order valence-corrected chi connectivity index (χ4v) is 3.55. The largest absolute Gasteiger partial charge is 0.372 e. The van der Waals surface area contributed by atoms with Crippen LogP contribution in [-0.2, 0) is 6.42 Å². The van der Waals surface area contributed by atoms with Crippen molar-refractivity contribution in [3.63, 3.8) is 0 Å². The first kappa shape index (κ1) is 17.5. The van der Waals surface area contributed by atoms with Crippen LogP contribution >= 0.6 is 0 Å². The van der Waals surface area contributed by atoms with E-state index in [-0.39, 0.29) is 5.91 Å². The van der Waals surface area contributed by atoms with E-state index in [9.17, 15) is 4.79 Å². The highest BCUT2D eigenvalue weighted by molar-refractivity contribution is 5.94. The van der Waals surface area contributed by atoms with Crippen LogP contribution in [0.25, 0.3) is 0 Å². The lowest BCUT2D eigenvalue weighted by Crippen LogP contribution is -2.25. The number of amides is 1. The molecule has 0 radical (unpaired) electrons. The maximum Gasteiger partial charge on any atom is 0.251 e. The molecular formula is C22H28N2O. The molecule has 0 spiro atoms. The number of hydrogen-bond donors (Lipinski definition) is 1. The molecule has 1 aliphatic rings. The van der Waals surface area contributed by atoms with Crippen molar-refractivity contribution in [2.75, 3.05) is 24.5 Å². The van der Waals surface area contributed by atoms with Crippen LogP contribution in [0.3, 0.4) is 0 Å². The Morgan fingerprint density at radius 1 is 1.00 bits per heavy atom. The molecule has 0 atom stereocenters. The third-order valence-corrected chi connectivity index (χ3v) is 4.82. The average molecular weight is 336 g/mol. The minimum atomic E-state index is 0.0242. The molecule has 0 saturated carbocycles. The predicted molar refractivity (Wildman–Crippen MR) is 104 cm³/mol.